The Morgan fingerprint density at radius 2 is 1.03 bits per heavy atom. The third-order valence-corrected chi connectivity index (χ3v) is 10.2. The van der Waals surface area contributed by atoms with Crippen LogP contribution < -0.4 is 10.4 Å². The fourth-order valence-corrected chi connectivity index (χ4v) is 8.51. The summed E-state index contributed by atoms with van der Waals surface area (Å²) in [6.07, 6.45) is 11.9. The molecule has 0 nitrogen and oxygen atoms in total. The normalized spacial score (nSPS) is 16.9. The SMILES string of the molecule is C1=CC(C2c3ccccc3-c3ccccc32)C=CC([SiH](c2ccccc2)c2ccccc2)=C1. The molecule has 1 atom stereocenters. The summed E-state index contributed by atoms with van der Waals surface area (Å²) in [5.41, 5.74) is 5.67. The molecule has 0 saturated carbocycles. The number of rotatable bonds is 4. The van der Waals surface area contributed by atoms with Gasteiger partial charge >= 0.3 is 0 Å². The van der Waals surface area contributed by atoms with Crippen LogP contribution in [0, 0.1) is 5.92 Å². The molecule has 1 heteroatoms. The number of fused-ring (bicyclic) bond motifs is 3. The molecule has 6 rings (SSSR count). The van der Waals surface area contributed by atoms with Gasteiger partial charge in [-0.1, -0.05) is 155 Å². The van der Waals surface area contributed by atoms with Gasteiger partial charge in [-0.2, -0.15) is 0 Å². The summed E-state index contributed by atoms with van der Waals surface area (Å²) in [7, 11) is -1.53. The third-order valence-electron chi connectivity index (χ3n) is 7.00. The first-order valence-corrected chi connectivity index (χ1v) is 13.5. The van der Waals surface area contributed by atoms with Gasteiger partial charge in [0, 0.05) is 11.8 Å². The van der Waals surface area contributed by atoms with Gasteiger partial charge in [-0.25, -0.2) is 0 Å². The van der Waals surface area contributed by atoms with Crippen LogP contribution in [-0.2, 0) is 0 Å². The van der Waals surface area contributed by atoms with Crippen LogP contribution in [0.5, 0.6) is 0 Å². The van der Waals surface area contributed by atoms with Crippen molar-refractivity contribution in [2.45, 2.75) is 5.92 Å². The summed E-state index contributed by atoms with van der Waals surface area (Å²) in [6, 6.07) is 40.0. The van der Waals surface area contributed by atoms with E-state index >= 15 is 0 Å². The average Bonchev–Trinajstić information content (AvgIpc) is 3.03. The molecule has 0 amide bonds. The molecule has 2 aliphatic rings. The highest BCUT2D eigenvalue weighted by molar-refractivity contribution is 6.91. The first-order valence-electron chi connectivity index (χ1n) is 11.7. The highest BCUT2D eigenvalue weighted by atomic mass is 28.3. The highest BCUT2D eigenvalue weighted by Gasteiger charge is 2.32. The smallest absolute Gasteiger partial charge is 0.0768 e. The van der Waals surface area contributed by atoms with Crippen LogP contribution in [0.3, 0.4) is 0 Å². The van der Waals surface area contributed by atoms with Gasteiger partial charge in [-0.15, -0.1) is 0 Å². The van der Waals surface area contributed by atoms with E-state index in [0.29, 0.717) is 11.8 Å². The van der Waals surface area contributed by atoms with E-state index in [1.165, 1.54) is 37.8 Å². The Kier molecular flexibility index (Phi) is 5.26. The lowest BCUT2D eigenvalue weighted by Gasteiger charge is -2.20. The number of benzene rings is 4. The summed E-state index contributed by atoms with van der Waals surface area (Å²) in [6.45, 7) is 0. The van der Waals surface area contributed by atoms with Gasteiger partial charge in [0.05, 0.1) is 0 Å². The topological polar surface area (TPSA) is 0 Å². The Morgan fingerprint density at radius 3 is 1.61 bits per heavy atom. The first-order chi connectivity index (χ1) is 16.4. The van der Waals surface area contributed by atoms with Crippen molar-refractivity contribution in [3.05, 3.63) is 156 Å². The Morgan fingerprint density at radius 1 is 0.515 bits per heavy atom. The molecule has 0 aromatic heterocycles. The van der Waals surface area contributed by atoms with Crippen LogP contribution in [-0.4, -0.2) is 8.80 Å². The molecule has 0 N–H and O–H groups in total. The number of hydrogen-bond acceptors (Lipinski definition) is 0. The second-order valence-electron chi connectivity index (χ2n) is 8.89. The fraction of sp³-hybridized carbons (Fsp3) is 0.0625. The molecule has 0 radical (unpaired) electrons. The van der Waals surface area contributed by atoms with Crippen molar-refractivity contribution in [1.29, 1.82) is 0 Å². The van der Waals surface area contributed by atoms with Gasteiger partial charge in [0.2, 0.25) is 0 Å². The number of hydrogen-bond donors (Lipinski definition) is 0. The summed E-state index contributed by atoms with van der Waals surface area (Å²) >= 11 is 0. The van der Waals surface area contributed by atoms with E-state index in [1.54, 1.807) is 0 Å². The van der Waals surface area contributed by atoms with Gasteiger partial charge in [-0.3, -0.25) is 0 Å². The Bertz CT molecular complexity index is 1280. The lowest BCUT2D eigenvalue weighted by Crippen LogP contribution is -2.43. The molecule has 158 valence electrons. The molecule has 4 aromatic rings. The molecule has 0 bridgehead atoms. The lowest BCUT2D eigenvalue weighted by atomic mass is 9.84. The molecule has 0 spiro atoms. The predicted octanol–water partition coefficient (Wildman–Crippen LogP) is 6.05. The minimum atomic E-state index is -1.53. The second-order valence-corrected chi connectivity index (χ2v) is 11.8. The van der Waals surface area contributed by atoms with E-state index in [1.807, 2.05) is 0 Å². The zero-order valence-corrected chi connectivity index (χ0v) is 19.7. The van der Waals surface area contributed by atoms with Crippen LogP contribution >= 0.6 is 0 Å². The zero-order valence-electron chi connectivity index (χ0n) is 18.5. The van der Waals surface area contributed by atoms with Crippen molar-refractivity contribution < 1.29 is 0 Å². The van der Waals surface area contributed by atoms with E-state index in [2.05, 4.69) is 140 Å². The largest absolute Gasteiger partial charge is 0.132 e. The van der Waals surface area contributed by atoms with E-state index in [-0.39, 0.29) is 0 Å². The van der Waals surface area contributed by atoms with E-state index in [9.17, 15) is 0 Å². The molecular weight excluding hydrogens is 412 g/mol. The standard InChI is InChI=1S/C32H26Si/c1-3-13-25(14-4-1)33(26-15-5-2-6-16-26)27-17-11-12-24(22-23-27)32-30-20-9-7-18-28(30)29-19-8-10-21-31(29)32/h1-24,32-33H. The monoisotopic (exact) mass is 438 g/mol. The summed E-state index contributed by atoms with van der Waals surface area (Å²) in [5, 5.41) is 4.39. The maximum Gasteiger partial charge on any atom is 0.132 e. The van der Waals surface area contributed by atoms with Crippen molar-refractivity contribution in [1.82, 2.24) is 0 Å². The van der Waals surface area contributed by atoms with E-state index in [4.69, 9.17) is 0 Å². The minimum absolute atomic E-state index is 0.338. The Labute approximate surface area is 197 Å². The molecule has 0 aliphatic heterocycles. The average molecular weight is 439 g/mol. The predicted molar refractivity (Wildman–Crippen MR) is 143 cm³/mol. The Hall–Kier alpha value is -3.68. The van der Waals surface area contributed by atoms with Gasteiger partial charge in [0.25, 0.3) is 0 Å². The third kappa shape index (κ3) is 3.65. The van der Waals surface area contributed by atoms with Crippen LogP contribution in [0.4, 0.5) is 0 Å². The van der Waals surface area contributed by atoms with Crippen molar-refractivity contribution in [3.8, 4) is 11.1 Å². The van der Waals surface area contributed by atoms with Crippen molar-refractivity contribution in [3.63, 3.8) is 0 Å². The van der Waals surface area contributed by atoms with Gasteiger partial charge in [0.15, 0.2) is 0 Å². The molecule has 0 fully saturated rings. The molecule has 0 saturated heterocycles. The van der Waals surface area contributed by atoms with Crippen LogP contribution in [0.15, 0.2) is 145 Å². The second kappa shape index (κ2) is 8.69. The Balaban J connectivity index is 1.39. The number of allylic oxidation sites excluding steroid dienone is 6. The molecule has 0 heterocycles. The molecule has 4 aromatic carbocycles. The van der Waals surface area contributed by atoms with E-state index in [0.717, 1.165) is 0 Å². The zero-order chi connectivity index (χ0) is 22.0. The van der Waals surface area contributed by atoms with Crippen molar-refractivity contribution in [2.75, 3.05) is 0 Å². The molecule has 2 aliphatic carbocycles. The van der Waals surface area contributed by atoms with Crippen molar-refractivity contribution in [2.24, 2.45) is 5.92 Å². The summed E-state index contributed by atoms with van der Waals surface area (Å²) < 4.78 is 0. The molecule has 1 unspecified atom stereocenters. The van der Waals surface area contributed by atoms with Gasteiger partial charge in [0.1, 0.15) is 8.80 Å². The molecule has 33 heavy (non-hydrogen) atoms. The van der Waals surface area contributed by atoms with E-state index < -0.39 is 8.80 Å². The van der Waals surface area contributed by atoms with Gasteiger partial charge in [-0.05, 0) is 22.3 Å². The lowest BCUT2D eigenvalue weighted by molar-refractivity contribution is 0.701. The van der Waals surface area contributed by atoms with Gasteiger partial charge < -0.3 is 0 Å². The maximum absolute atomic E-state index is 2.45. The molecular formula is C32H26Si. The fourth-order valence-electron chi connectivity index (χ4n) is 5.53. The van der Waals surface area contributed by atoms with Crippen LogP contribution in [0.25, 0.3) is 11.1 Å². The first kappa shape index (κ1) is 20.0. The maximum atomic E-state index is 2.45. The highest BCUT2D eigenvalue weighted by Crippen LogP contribution is 2.49. The summed E-state index contributed by atoms with van der Waals surface area (Å²) in [4.78, 5) is 0. The summed E-state index contributed by atoms with van der Waals surface area (Å²) in [5.74, 6) is 0.705. The van der Waals surface area contributed by atoms with Crippen LogP contribution in [0.1, 0.15) is 17.0 Å². The van der Waals surface area contributed by atoms with Crippen LogP contribution in [0.2, 0.25) is 0 Å². The minimum Gasteiger partial charge on any atom is -0.0768 e. The quantitative estimate of drug-likeness (QED) is 0.340. The van der Waals surface area contributed by atoms with Crippen molar-refractivity contribution >= 4 is 19.2 Å².